The van der Waals surface area contributed by atoms with Gasteiger partial charge in [0.15, 0.2) is 0 Å². The molecule has 0 unspecified atom stereocenters. The highest BCUT2D eigenvalue weighted by Crippen LogP contribution is 2.08. The molecule has 0 amide bonds. The highest BCUT2D eigenvalue weighted by Gasteiger charge is 2.12. The first-order chi connectivity index (χ1) is 9.69. The van der Waals surface area contributed by atoms with Gasteiger partial charge in [-0.3, -0.25) is 9.88 Å². The summed E-state index contributed by atoms with van der Waals surface area (Å²) in [6.45, 7) is 5.44. The lowest BCUT2D eigenvalue weighted by atomic mass is 10.2. The lowest BCUT2D eigenvalue weighted by Crippen LogP contribution is -2.31. The average Bonchev–Trinajstić information content (AvgIpc) is 2.98. The van der Waals surface area contributed by atoms with Gasteiger partial charge in [0.25, 0.3) is 0 Å². The Hall–Kier alpha value is -1.46. The summed E-state index contributed by atoms with van der Waals surface area (Å²) in [4.78, 5) is 20.4. The van der Waals surface area contributed by atoms with Gasteiger partial charge in [0, 0.05) is 25.8 Å². The number of pyridine rings is 1. The van der Waals surface area contributed by atoms with Gasteiger partial charge in [0.1, 0.15) is 0 Å². The van der Waals surface area contributed by atoms with Crippen LogP contribution in [0.4, 0.5) is 0 Å². The van der Waals surface area contributed by atoms with E-state index in [0.717, 1.165) is 25.3 Å². The molecule has 1 aromatic heterocycles. The molecule has 0 bridgehead atoms. The smallest absolute Gasteiger partial charge is 0.339 e. The molecule has 0 spiro atoms. The first kappa shape index (κ1) is 14.9. The highest BCUT2D eigenvalue weighted by atomic mass is 16.5. The molecule has 0 saturated carbocycles. The van der Waals surface area contributed by atoms with Crippen molar-refractivity contribution < 1.29 is 9.53 Å². The minimum Gasteiger partial charge on any atom is -0.465 e. The molecule has 20 heavy (non-hydrogen) atoms. The third-order valence-corrected chi connectivity index (χ3v) is 3.67. The third kappa shape index (κ3) is 4.28. The van der Waals surface area contributed by atoms with Crippen LogP contribution in [0.2, 0.25) is 0 Å². The highest BCUT2D eigenvalue weighted by molar-refractivity contribution is 5.88. The van der Waals surface area contributed by atoms with Crippen molar-refractivity contribution in [3.63, 3.8) is 0 Å². The van der Waals surface area contributed by atoms with Crippen LogP contribution in [0.1, 0.15) is 28.9 Å². The van der Waals surface area contributed by atoms with Gasteiger partial charge in [-0.15, -0.1) is 0 Å². The molecule has 1 saturated heterocycles. The first-order valence-corrected chi connectivity index (χ1v) is 7.13. The summed E-state index contributed by atoms with van der Waals surface area (Å²) in [5.41, 5.74) is 1.47. The molecule has 5 nitrogen and oxygen atoms in total. The largest absolute Gasteiger partial charge is 0.465 e. The molecule has 110 valence electrons. The van der Waals surface area contributed by atoms with Crippen LogP contribution < -0.4 is 0 Å². The topological polar surface area (TPSA) is 45.7 Å². The van der Waals surface area contributed by atoms with Crippen LogP contribution in [0.3, 0.4) is 0 Å². The SMILES string of the molecule is COC(=O)c1ccc(CN(C)CCN2CCCC2)nc1. The number of nitrogens with zero attached hydrogens (tertiary/aromatic N) is 3. The number of hydrogen-bond donors (Lipinski definition) is 0. The molecule has 2 rings (SSSR count). The second-order valence-corrected chi connectivity index (χ2v) is 5.32. The summed E-state index contributed by atoms with van der Waals surface area (Å²) < 4.78 is 4.66. The van der Waals surface area contributed by atoms with Crippen molar-refractivity contribution >= 4 is 5.97 Å². The number of ether oxygens (including phenoxy) is 1. The van der Waals surface area contributed by atoms with Gasteiger partial charge in [0.2, 0.25) is 0 Å². The normalized spacial score (nSPS) is 15.8. The van der Waals surface area contributed by atoms with E-state index >= 15 is 0 Å². The van der Waals surface area contributed by atoms with E-state index in [1.165, 1.54) is 33.0 Å². The Labute approximate surface area is 120 Å². The van der Waals surface area contributed by atoms with Gasteiger partial charge in [0.05, 0.1) is 18.4 Å². The molecule has 2 heterocycles. The second kappa shape index (κ2) is 7.36. The summed E-state index contributed by atoms with van der Waals surface area (Å²) in [6.07, 6.45) is 4.25. The fourth-order valence-corrected chi connectivity index (χ4v) is 2.43. The molecule has 5 heteroatoms. The van der Waals surface area contributed by atoms with Crippen molar-refractivity contribution in [1.29, 1.82) is 0 Å². The number of rotatable bonds is 6. The van der Waals surface area contributed by atoms with E-state index in [-0.39, 0.29) is 5.97 Å². The minimum absolute atomic E-state index is 0.341. The Balaban J connectivity index is 1.78. The average molecular weight is 277 g/mol. The zero-order valence-electron chi connectivity index (χ0n) is 12.3. The monoisotopic (exact) mass is 277 g/mol. The summed E-state index contributed by atoms with van der Waals surface area (Å²) in [7, 11) is 3.48. The van der Waals surface area contributed by atoms with Crippen LogP contribution in [0.15, 0.2) is 18.3 Å². The fraction of sp³-hybridized carbons (Fsp3) is 0.600. The summed E-state index contributed by atoms with van der Waals surface area (Å²) >= 11 is 0. The summed E-state index contributed by atoms with van der Waals surface area (Å²) in [6, 6.07) is 3.65. The molecular weight excluding hydrogens is 254 g/mol. The van der Waals surface area contributed by atoms with Crippen LogP contribution in [0.5, 0.6) is 0 Å². The zero-order chi connectivity index (χ0) is 14.4. The number of methoxy groups -OCH3 is 1. The first-order valence-electron chi connectivity index (χ1n) is 7.13. The van der Waals surface area contributed by atoms with Crippen molar-refractivity contribution in [3.05, 3.63) is 29.6 Å². The van der Waals surface area contributed by atoms with E-state index in [2.05, 4.69) is 26.6 Å². The number of aromatic nitrogens is 1. The lowest BCUT2D eigenvalue weighted by molar-refractivity contribution is 0.0600. The van der Waals surface area contributed by atoms with Gasteiger partial charge >= 0.3 is 5.97 Å². The Morgan fingerprint density at radius 1 is 1.40 bits per heavy atom. The Morgan fingerprint density at radius 3 is 2.75 bits per heavy atom. The minimum atomic E-state index is -0.341. The van der Waals surface area contributed by atoms with Crippen LogP contribution >= 0.6 is 0 Å². The summed E-state index contributed by atoms with van der Waals surface area (Å²) in [5.74, 6) is -0.341. The molecule has 1 aliphatic rings. The number of likely N-dealkylation sites (N-methyl/N-ethyl adjacent to an activating group) is 1. The van der Waals surface area contributed by atoms with E-state index in [9.17, 15) is 4.79 Å². The molecule has 0 aliphatic carbocycles. The molecule has 1 fully saturated rings. The maximum absolute atomic E-state index is 11.3. The van der Waals surface area contributed by atoms with Gasteiger partial charge in [-0.2, -0.15) is 0 Å². The Morgan fingerprint density at radius 2 is 2.15 bits per heavy atom. The van der Waals surface area contributed by atoms with E-state index in [0.29, 0.717) is 5.56 Å². The Kier molecular flexibility index (Phi) is 5.49. The number of hydrogen-bond acceptors (Lipinski definition) is 5. The van der Waals surface area contributed by atoms with Crippen LogP contribution in [0.25, 0.3) is 0 Å². The van der Waals surface area contributed by atoms with Crippen LogP contribution in [-0.2, 0) is 11.3 Å². The standard InChI is InChI=1S/C15H23N3O2/c1-17(9-10-18-7-3-4-8-18)12-14-6-5-13(11-16-14)15(19)20-2/h5-6,11H,3-4,7-10,12H2,1-2H3. The van der Waals surface area contributed by atoms with Crippen molar-refractivity contribution in [2.24, 2.45) is 0 Å². The summed E-state index contributed by atoms with van der Waals surface area (Å²) in [5, 5.41) is 0. The van der Waals surface area contributed by atoms with E-state index < -0.39 is 0 Å². The van der Waals surface area contributed by atoms with E-state index in [4.69, 9.17) is 0 Å². The number of carbonyl (C=O) groups is 1. The molecule has 1 aliphatic heterocycles. The number of carbonyl (C=O) groups excluding carboxylic acids is 1. The lowest BCUT2D eigenvalue weighted by Gasteiger charge is -2.20. The molecule has 1 aromatic rings. The van der Waals surface area contributed by atoms with Gasteiger partial charge in [-0.25, -0.2) is 4.79 Å². The zero-order valence-corrected chi connectivity index (χ0v) is 12.3. The van der Waals surface area contributed by atoms with Crippen LogP contribution in [0, 0.1) is 0 Å². The molecule has 0 aromatic carbocycles. The number of likely N-dealkylation sites (tertiary alicyclic amines) is 1. The van der Waals surface area contributed by atoms with Crippen molar-refractivity contribution in [3.8, 4) is 0 Å². The predicted octanol–water partition coefficient (Wildman–Crippen LogP) is 1.40. The quantitative estimate of drug-likeness (QED) is 0.735. The molecule has 0 N–H and O–H groups in total. The van der Waals surface area contributed by atoms with Crippen LogP contribution in [-0.4, -0.2) is 61.1 Å². The van der Waals surface area contributed by atoms with Gasteiger partial charge in [-0.05, 0) is 45.1 Å². The molecule has 0 atom stereocenters. The van der Waals surface area contributed by atoms with E-state index in [1.54, 1.807) is 12.3 Å². The van der Waals surface area contributed by atoms with Gasteiger partial charge in [-0.1, -0.05) is 0 Å². The maximum atomic E-state index is 11.3. The maximum Gasteiger partial charge on any atom is 0.339 e. The van der Waals surface area contributed by atoms with Crippen molar-refractivity contribution in [2.45, 2.75) is 19.4 Å². The second-order valence-electron chi connectivity index (χ2n) is 5.32. The molecular formula is C15H23N3O2. The number of esters is 1. The molecule has 0 radical (unpaired) electrons. The third-order valence-electron chi connectivity index (χ3n) is 3.67. The van der Waals surface area contributed by atoms with Crippen molar-refractivity contribution in [1.82, 2.24) is 14.8 Å². The van der Waals surface area contributed by atoms with E-state index in [1.807, 2.05) is 6.07 Å². The van der Waals surface area contributed by atoms with Gasteiger partial charge < -0.3 is 9.64 Å². The predicted molar refractivity (Wildman–Crippen MR) is 77.6 cm³/mol. The Bertz CT molecular complexity index is 427. The fourth-order valence-electron chi connectivity index (χ4n) is 2.43. The van der Waals surface area contributed by atoms with Crippen molar-refractivity contribution in [2.75, 3.05) is 40.3 Å².